The Morgan fingerprint density at radius 1 is 1.24 bits per heavy atom. The smallest absolute Gasteiger partial charge is 0.262 e. The Balaban J connectivity index is 1.47. The van der Waals surface area contributed by atoms with Gasteiger partial charge in [0.15, 0.2) is 0 Å². The molecule has 5 rings (SSSR count). The standard InChI is InChI=1S/C22H25N3O2S2/c1-27-18-5-3-2-4-15(18)13-25-14-23-21-20(22(25)26)17-7-6-16(12-19(17)29-21)24-8-10-28-11-9-24/h2-5,14,16H,6-13H2,1H3/t16-/m1/s1. The van der Waals surface area contributed by atoms with Crippen LogP contribution >= 0.6 is 23.1 Å². The fourth-order valence-corrected chi connectivity index (χ4v) is 6.75. The van der Waals surface area contributed by atoms with Gasteiger partial charge in [-0.25, -0.2) is 4.98 Å². The van der Waals surface area contributed by atoms with Crippen LogP contribution in [0.25, 0.3) is 10.2 Å². The third-order valence-electron chi connectivity index (χ3n) is 6.11. The summed E-state index contributed by atoms with van der Waals surface area (Å²) in [7, 11) is 1.66. The summed E-state index contributed by atoms with van der Waals surface area (Å²) < 4.78 is 7.17. The Bertz CT molecular complexity index is 1090. The molecule has 0 unspecified atom stereocenters. The van der Waals surface area contributed by atoms with Crippen LogP contribution in [0.15, 0.2) is 35.4 Å². The lowest BCUT2D eigenvalue weighted by atomic mass is 9.92. The average Bonchev–Trinajstić information content (AvgIpc) is 3.15. The van der Waals surface area contributed by atoms with Crippen molar-refractivity contribution in [3.8, 4) is 5.75 Å². The second-order valence-electron chi connectivity index (χ2n) is 7.72. The van der Waals surface area contributed by atoms with Crippen LogP contribution in [0.3, 0.4) is 0 Å². The zero-order valence-electron chi connectivity index (χ0n) is 16.6. The molecule has 1 fully saturated rings. The van der Waals surface area contributed by atoms with Gasteiger partial charge in [-0.2, -0.15) is 11.8 Å². The molecule has 1 saturated heterocycles. The van der Waals surface area contributed by atoms with Gasteiger partial charge in [-0.15, -0.1) is 11.3 Å². The van der Waals surface area contributed by atoms with E-state index in [9.17, 15) is 4.79 Å². The number of ether oxygens (including phenoxy) is 1. The quantitative estimate of drug-likeness (QED) is 0.639. The number of para-hydroxylation sites is 1. The van der Waals surface area contributed by atoms with Crippen molar-refractivity contribution >= 4 is 33.3 Å². The van der Waals surface area contributed by atoms with E-state index in [-0.39, 0.29) is 5.56 Å². The van der Waals surface area contributed by atoms with Crippen LogP contribution in [0, 0.1) is 0 Å². The van der Waals surface area contributed by atoms with Crippen LogP contribution in [0.2, 0.25) is 0 Å². The molecule has 3 heterocycles. The van der Waals surface area contributed by atoms with Gasteiger partial charge in [0.2, 0.25) is 0 Å². The highest BCUT2D eigenvalue weighted by Crippen LogP contribution is 2.35. The van der Waals surface area contributed by atoms with Crippen molar-refractivity contribution < 1.29 is 4.74 Å². The zero-order valence-corrected chi connectivity index (χ0v) is 18.2. The summed E-state index contributed by atoms with van der Waals surface area (Å²) in [6.07, 6.45) is 4.88. The number of nitrogens with zero attached hydrogens (tertiary/aromatic N) is 3. The first-order valence-corrected chi connectivity index (χ1v) is 12.1. The topological polar surface area (TPSA) is 47.4 Å². The molecular formula is C22H25N3O2S2. The Morgan fingerprint density at radius 3 is 2.90 bits per heavy atom. The molecular weight excluding hydrogens is 402 g/mol. The predicted molar refractivity (Wildman–Crippen MR) is 121 cm³/mol. The van der Waals surface area contributed by atoms with Crippen molar-refractivity contribution in [2.24, 2.45) is 0 Å². The van der Waals surface area contributed by atoms with E-state index in [0.717, 1.165) is 40.8 Å². The molecule has 5 nitrogen and oxygen atoms in total. The first-order valence-electron chi connectivity index (χ1n) is 10.2. The summed E-state index contributed by atoms with van der Waals surface area (Å²) >= 11 is 3.78. The van der Waals surface area contributed by atoms with E-state index in [1.54, 1.807) is 29.3 Å². The molecule has 0 bridgehead atoms. The fraction of sp³-hybridized carbons (Fsp3) is 0.455. The van der Waals surface area contributed by atoms with Crippen LogP contribution in [0.5, 0.6) is 5.75 Å². The Kier molecular flexibility index (Phi) is 5.37. The second-order valence-corrected chi connectivity index (χ2v) is 10.0. The largest absolute Gasteiger partial charge is 0.496 e. The highest BCUT2D eigenvalue weighted by atomic mass is 32.2. The van der Waals surface area contributed by atoms with Gasteiger partial charge in [0.25, 0.3) is 5.56 Å². The number of aromatic nitrogens is 2. The molecule has 0 radical (unpaired) electrons. The molecule has 0 saturated carbocycles. The SMILES string of the molecule is COc1ccccc1Cn1cnc2sc3c(c2c1=O)CC[C@@H](N1CCSCC1)C3. The number of methoxy groups -OCH3 is 1. The third-order valence-corrected chi connectivity index (χ3v) is 8.21. The van der Waals surface area contributed by atoms with Gasteiger partial charge in [0.05, 0.1) is 25.4 Å². The number of fused-ring (bicyclic) bond motifs is 3. The molecule has 1 aliphatic heterocycles. The lowest BCUT2D eigenvalue weighted by molar-refractivity contribution is 0.199. The van der Waals surface area contributed by atoms with Gasteiger partial charge in [-0.05, 0) is 30.9 Å². The third kappa shape index (κ3) is 3.60. The molecule has 0 amide bonds. The minimum absolute atomic E-state index is 0.0752. The van der Waals surface area contributed by atoms with E-state index >= 15 is 0 Å². The van der Waals surface area contributed by atoms with Crippen LogP contribution < -0.4 is 10.3 Å². The fourth-order valence-electron chi connectivity index (χ4n) is 4.57. The Morgan fingerprint density at radius 2 is 2.07 bits per heavy atom. The molecule has 1 aliphatic carbocycles. The molecule has 2 aliphatic rings. The van der Waals surface area contributed by atoms with Gasteiger partial charge in [-0.1, -0.05) is 18.2 Å². The summed E-state index contributed by atoms with van der Waals surface area (Å²) in [5.41, 5.74) is 2.32. The summed E-state index contributed by atoms with van der Waals surface area (Å²) in [5, 5.41) is 0.843. The molecule has 2 aromatic heterocycles. The van der Waals surface area contributed by atoms with Crippen molar-refractivity contribution in [1.29, 1.82) is 0 Å². The van der Waals surface area contributed by atoms with Crippen molar-refractivity contribution in [3.05, 3.63) is 57.0 Å². The molecule has 29 heavy (non-hydrogen) atoms. The van der Waals surface area contributed by atoms with Crippen LogP contribution in [-0.2, 0) is 19.4 Å². The van der Waals surface area contributed by atoms with Crippen LogP contribution in [0.4, 0.5) is 0 Å². The lowest BCUT2D eigenvalue weighted by Gasteiger charge is -2.36. The van der Waals surface area contributed by atoms with Crippen LogP contribution in [0.1, 0.15) is 22.4 Å². The van der Waals surface area contributed by atoms with Gasteiger partial charge in [0, 0.05) is 41.1 Å². The van der Waals surface area contributed by atoms with Crippen molar-refractivity contribution in [3.63, 3.8) is 0 Å². The highest BCUT2D eigenvalue weighted by Gasteiger charge is 2.29. The minimum Gasteiger partial charge on any atom is -0.496 e. The average molecular weight is 428 g/mol. The van der Waals surface area contributed by atoms with E-state index in [1.807, 2.05) is 24.3 Å². The first kappa shape index (κ1) is 19.2. The molecule has 3 aromatic rings. The van der Waals surface area contributed by atoms with Gasteiger partial charge in [-0.3, -0.25) is 14.3 Å². The van der Waals surface area contributed by atoms with Crippen LogP contribution in [-0.4, -0.2) is 52.2 Å². The first-order chi connectivity index (χ1) is 14.2. The Hall–Kier alpha value is -1.83. The predicted octanol–water partition coefficient (Wildman–Crippen LogP) is 3.42. The number of hydrogen-bond donors (Lipinski definition) is 0. The number of thioether (sulfide) groups is 1. The van der Waals surface area contributed by atoms with Crippen molar-refractivity contribution in [1.82, 2.24) is 14.5 Å². The van der Waals surface area contributed by atoms with E-state index < -0.39 is 0 Å². The van der Waals surface area contributed by atoms with E-state index in [4.69, 9.17) is 4.74 Å². The minimum atomic E-state index is 0.0752. The second kappa shape index (κ2) is 8.13. The number of benzene rings is 1. The molecule has 7 heteroatoms. The number of hydrogen-bond acceptors (Lipinski definition) is 6. The van der Waals surface area contributed by atoms with Crippen molar-refractivity contribution in [2.75, 3.05) is 31.7 Å². The number of rotatable bonds is 4. The molecule has 1 atom stereocenters. The van der Waals surface area contributed by atoms with Gasteiger partial charge >= 0.3 is 0 Å². The summed E-state index contributed by atoms with van der Waals surface area (Å²) in [4.78, 5) is 22.9. The lowest BCUT2D eigenvalue weighted by Crippen LogP contribution is -2.43. The molecule has 0 N–H and O–H groups in total. The summed E-state index contributed by atoms with van der Waals surface area (Å²) in [6, 6.07) is 8.46. The maximum absolute atomic E-state index is 13.3. The van der Waals surface area contributed by atoms with Gasteiger partial charge < -0.3 is 4.74 Å². The highest BCUT2D eigenvalue weighted by molar-refractivity contribution is 7.99. The van der Waals surface area contributed by atoms with E-state index in [0.29, 0.717) is 12.6 Å². The summed E-state index contributed by atoms with van der Waals surface area (Å²) in [6.45, 7) is 2.86. The van der Waals surface area contributed by atoms with E-state index in [1.165, 1.54) is 35.0 Å². The Labute approximate surface area is 178 Å². The maximum Gasteiger partial charge on any atom is 0.262 e. The van der Waals surface area contributed by atoms with Crippen molar-refractivity contribution in [2.45, 2.75) is 31.8 Å². The number of aryl methyl sites for hydroxylation is 1. The monoisotopic (exact) mass is 427 g/mol. The molecule has 152 valence electrons. The summed E-state index contributed by atoms with van der Waals surface area (Å²) in [5.74, 6) is 3.28. The zero-order chi connectivity index (χ0) is 19.8. The van der Waals surface area contributed by atoms with E-state index in [2.05, 4.69) is 21.6 Å². The normalized spacial score (nSPS) is 20.0. The number of thiophene rings is 1. The molecule has 1 aromatic carbocycles. The van der Waals surface area contributed by atoms with Gasteiger partial charge in [0.1, 0.15) is 10.6 Å². The maximum atomic E-state index is 13.3. The molecule has 0 spiro atoms.